The van der Waals surface area contributed by atoms with Gasteiger partial charge in [-0.3, -0.25) is 9.59 Å². The summed E-state index contributed by atoms with van der Waals surface area (Å²) in [4.78, 5) is 40.2. The van der Waals surface area contributed by atoms with E-state index in [1.54, 1.807) is 36.5 Å². The number of H-pyrrole nitrogens is 1. The topological polar surface area (TPSA) is 139 Å². The number of halogens is 1. The van der Waals surface area contributed by atoms with Crippen molar-refractivity contribution in [3.63, 3.8) is 0 Å². The molecule has 0 atom stereocenters. The van der Waals surface area contributed by atoms with Gasteiger partial charge in [-0.05, 0) is 29.8 Å². The number of imidazole rings is 1. The predicted octanol–water partition coefficient (Wildman–Crippen LogP) is 6.66. The van der Waals surface area contributed by atoms with Crippen molar-refractivity contribution in [3.8, 4) is 22.5 Å². The fourth-order valence-electron chi connectivity index (χ4n) is 3.97. The third kappa shape index (κ3) is 7.03. The van der Waals surface area contributed by atoms with Crippen LogP contribution in [0.1, 0.15) is 71.0 Å². The molecule has 0 bridgehead atoms. The quantitative estimate of drug-likeness (QED) is 0.206. The van der Waals surface area contributed by atoms with Crippen molar-refractivity contribution < 1.29 is 18.5 Å². The summed E-state index contributed by atoms with van der Waals surface area (Å²) in [5.74, 6) is -0.433. The monoisotopic (exact) mass is 573 g/mol. The summed E-state index contributed by atoms with van der Waals surface area (Å²) in [6, 6.07) is 13.8. The first kappa shape index (κ1) is 31.6. The fourth-order valence-corrected chi connectivity index (χ4v) is 3.97. The highest BCUT2D eigenvalue weighted by molar-refractivity contribution is 5.93. The lowest BCUT2D eigenvalue weighted by molar-refractivity contribution is -0.114. The number of carbonyl (C=O) groups excluding carboxylic acids is 2. The summed E-state index contributed by atoms with van der Waals surface area (Å²) < 4.78 is 20.1. The summed E-state index contributed by atoms with van der Waals surface area (Å²) >= 11 is 0. The average molecular weight is 574 g/mol. The normalized spacial score (nSPS) is 10.8. The van der Waals surface area contributed by atoms with E-state index in [2.05, 4.69) is 35.7 Å². The molecule has 0 fully saturated rings. The highest BCUT2D eigenvalue weighted by Crippen LogP contribution is 2.30. The van der Waals surface area contributed by atoms with Crippen molar-refractivity contribution in [1.29, 1.82) is 0 Å². The van der Waals surface area contributed by atoms with E-state index < -0.39 is 11.7 Å². The molecule has 0 aliphatic carbocycles. The zero-order chi connectivity index (χ0) is 29.7. The van der Waals surface area contributed by atoms with Gasteiger partial charge in [0.25, 0.3) is 0 Å². The maximum atomic E-state index is 15.1. The lowest BCUT2D eigenvalue weighted by Gasteiger charge is -2.10. The number of fused-ring (bicyclic) bond motifs is 1. The Morgan fingerprint density at radius 2 is 1.79 bits per heavy atom. The molecule has 220 valence electrons. The summed E-state index contributed by atoms with van der Waals surface area (Å²) in [6.45, 7) is 11.1. The van der Waals surface area contributed by atoms with Gasteiger partial charge in [0.05, 0.1) is 5.52 Å². The molecule has 5 aromatic rings. The number of benzene rings is 2. The van der Waals surface area contributed by atoms with Crippen molar-refractivity contribution in [3.05, 3.63) is 77.8 Å². The van der Waals surface area contributed by atoms with Gasteiger partial charge in [0.2, 0.25) is 5.91 Å². The molecule has 2 aromatic carbocycles. The highest BCUT2D eigenvalue weighted by Gasteiger charge is 2.24. The molecule has 42 heavy (non-hydrogen) atoms. The molecule has 0 aliphatic rings. The van der Waals surface area contributed by atoms with Crippen LogP contribution in [-0.2, 0) is 16.8 Å². The van der Waals surface area contributed by atoms with Crippen LogP contribution in [0.5, 0.6) is 0 Å². The van der Waals surface area contributed by atoms with Gasteiger partial charge in [-0.2, -0.15) is 4.98 Å². The molecule has 2 amide bonds. The molecule has 0 aliphatic heterocycles. The van der Waals surface area contributed by atoms with Crippen molar-refractivity contribution in [2.24, 2.45) is 0 Å². The Morgan fingerprint density at radius 1 is 1.02 bits per heavy atom. The lowest BCUT2D eigenvalue weighted by Crippen LogP contribution is -2.24. The number of anilines is 1. The molecule has 3 aromatic heterocycles. The van der Waals surface area contributed by atoms with Gasteiger partial charge in [0, 0.05) is 47.5 Å². The van der Waals surface area contributed by atoms with Gasteiger partial charge in [-0.25, -0.2) is 14.4 Å². The van der Waals surface area contributed by atoms with Gasteiger partial charge in [0.1, 0.15) is 11.6 Å². The van der Waals surface area contributed by atoms with E-state index in [-0.39, 0.29) is 31.2 Å². The molecule has 11 heteroatoms. The number of amides is 2. The number of aromatic nitrogens is 5. The van der Waals surface area contributed by atoms with Gasteiger partial charge in [0.15, 0.2) is 11.5 Å². The number of aromatic amines is 1. The number of carbonyl (C=O) groups is 2. The first-order valence-electron chi connectivity index (χ1n) is 13.2. The molecule has 0 radical (unpaired) electrons. The van der Waals surface area contributed by atoms with E-state index in [9.17, 15) is 9.59 Å². The van der Waals surface area contributed by atoms with Crippen LogP contribution in [0.15, 0.2) is 59.3 Å². The van der Waals surface area contributed by atoms with Gasteiger partial charge in [-0.15, -0.1) is 0 Å². The molecule has 0 spiro atoms. The Hall–Kier alpha value is -4.93. The summed E-state index contributed by atoms with van der Waals surface area (Å²) in [6.07, 6.45) is 1.61. The second kappa shape index (κ2) is 13.2. The SMILES string of the molecule is C.CC.CC(=O)Nc1cccc(-c2nc3nccc(-c4ccc(CNC(=O)c5nc(C(C)(C)C)no5)c(F)c4)c3[nH]2)c1. The minimum absolute atomic E-state index is 0. The maximum absolute atomic E-state index is 15.1. The second-order valence-electron chi connectivity index (χ2n) is 10.1. The van der Waals surface area contributed by atoms with E-state index >= 15 is 4.39 Å². The van der Waals surface area contributed by atoms with Crippen LogP contribution < -0.4 is 10.6 Å². The molecular formula is C31H36FN7O3. The van der Waals surface area contributed by atoms with Crippen LogP contribution in [0.2, 0.25) is 0 Å². The Balaban J connectivity index is 0.00000158. The molecule has 5 rings (SSSR count). The van der Waals surface area contributed by atoms with Crippen LogP contribution in [0.3, 0.4) is 0 Å². The summed E-state index contributed by atoms with van der Waals surface area (Å²) in [7, 11) is 0. The number of pyridine rings is 1. The van der Waals surface area contributed by atoms with Crippen LogP contribution >= 0.6 is 0 Å². The minimum atomic E-state index is -0.579. The van der Waals surface area contributed by atoms with Gasteiger partial charge < -0.3 is 20.1 Å². The molecule has 0 unspecified atom stereocenters. The zero-order valence-electron chi connectivity index (χ0n) is 23.8. The van der Waals surface area contributed by atoms with E-state index in [0.29, 0.717) is 45.2 Å². The largest absolute Gasteiger partial charge is 0.344 e. The Bertz CT molecular complexity index is 1700. The van der Waals surface area contributed by atoms with E-state index in [0.717, 1.165) is 5.56 Å². The highest BCUT2D eigenvalue weighted by atomic mass is 19.1. The number of rotatable bonds is 6. The van der Waals surface area contributed by atoms with Crippen molar-refractivity contribution in [2.75, 3.05) is 5.32 Å². The summed E-state index contributed by atoms with van der Waals surface area (Å²) in [5, 5.41) is 9.21. The van der Waals surface area contributed by atoms with Crippen molar-refractivity contribution in [2.45, 2.75) is 60.9 Å². The first-order valence-corrected chi connectivity index (χ1v) is 13.2. The fraction of sp³-hybridized carbons (Fsp3) is 0.290. The Kier molecular flexibility index (Phi) is 9.90. The third-order valence-corrected chi connectivity index (χ3v) is 5.94. The van der Waals surface area contributed by atoms with E-state index in [4.69, 9.17) is 4.52 Å². The average Bonchev–Trinajstić information content (AvgIpc) is 3.61. The van der Waals surface area contributed by atoms with Crippen molar-refractivity contribution >= 4 is 28.7 Å². The maximum Gasteiger partial charge on any atom is 0.315 e. The number of nitrogens with one attached hydrogen (secondary N) is 3. The Labute approximate surface area is 244 Å². The second-order valence-corrected chi connectivity index (χ2v) is 10.1. The third-order valence-electron chi connectivity index (χ3n) is 5.94. The molecule has 10 nitrogen and oxygen atoms in total. The standard InChI is InChI=1S/C28H26FN7O3.C2H6.CH4/c1-15(37)32-19-7-5-6-17(12-19)23-33-22-20(10-11-30-24(22)34-23)16-8-9-18(21(29)13-16)14-31-25(38)26-35-27(36-39-26)28(2,3)4;1-2;/h5-13H,14H2,1-4H3,(H,31,38)(H,32,37)(H,30,33,34);1-2H3;1H4. The predicted molar refractivity (Wildman–Crippen MR) is 161 cm³/mol. The molecule has 3 N–H and O–H groups in total. The van der Waals surface area contributed by atoms with Crippen LogP contribution in [0.25, 0.3) is 33.7 Å². The number of nitrogens with zero attached hydrogens (tertiary/aromatic N) is 4. The van der Waals surface area contributed by atoms with Crippen LogP contribution in [-0.4, -0.2) is 36.9 Å². The molecule has 3 heterocycles. The molecule has 0 saturated carbocycles. The first-order chi connectivity index (χ1) is 19.6. The van der Waals surface area contributed by atoms with E-state index in [1.165, 1.54) is 13.0 Å². The number of hydrogen-bond donors (Lipinski definition) is 3. The molecular weight excluding hydrogens is 537 g/mol. The van der Waals surface area contributed by atoms with Crippen LogP contribution in [0.4, 0.5) is 10.1 Å². The van der Waals surface area contributed by atoms with Gasteiger partial charge in [-0.1, -0.05) is 71.5 Å². The number of hydrogen-bond acceptors (Lipinski definition) is 7. The Morgan fingerprint density at radius 3 is 2.45 bits per heavy atom. The lowest BCUT2D eigenvalue weighted by atomic mass is 9.96. The molecule has 0 saturated heterocycles. The minimum Gasteiger partial charge on any atom is -0.344 e. The van der Waals surface area contributed by atoms with Crippen LogP contribution in [0, 0.1) is 5.82 Å². The van der Waals surface area contributed by atoms with Gasteiger partial charge >= 0.3 is 11.8 Å². The van der Waals surface area contributed by atoms with Crippen molar-refractivity contribution in [1.82, 2.24) is 30.4 Å². The summed E-state index contributed by atoms with van der Waals surface area (Å²) in [5.41, 5.74) is 3.78. The van der Waals surface area contributed by atoms with E-state index in [1.807, 2.05) is 46.8 Å². The zero-order valence-corrected chi connectivity index (χ0v) is 23.8. The smallest absolute Gasteiger partial charge is 0.315 e.